The molecule has 1 saturated heterocycles. The molecule has 0 radical (unpaired) electrons. The van der Waals surface area contributed by atoms with Crippen molar-refractivity contribution in [3.05, 3.63) is 40.4 Å². The predicted octanol–water partition coefficient (Wildman–Crippen LogP) is 2.61. The normalized spacial score (nSPS) is 19.1. The molecule has 0 aromatic carbocycles. The minimum atomic E-state index is -0.0943. The second-order valence-electron chi connectivity index (χ2n) is 4.91. The number of nitrogens with zero attached hydrogens (tertiary/aromatic N) is 4. The first kappa shape index (κ1) is 13.2. The molecule has 1 aliphatic heterocycles. The summed E-state index contributed by atoms with van der Waals surface area (Å²) in [6.07, 6.45) is 6.33. The van der Waals surface area contributed by atoms with E-state index in [0.717, 1.165) is 36.5 Å². The first-order valence-electron chi connectivity index (χ1n) is 6.76. The summed E-state index contributed by atoms with van der Waals surface area (Å²) in [6, 6.07) is 1.79. The summed E-state index contributed by atoms with van der Waals surface area (Å²) in [6.45, 7) is 2.73. The van der Waals surface area contributed by atoms with Gasteiger partial charge in [-0.2, -0.15) is 0 Å². The van der Waals surface area contributed by atoms with E-state index in [-0.39, 0.29) is 17.8 Å². The molecule has 1 amide bonds. The molecule has 3 heterocycles. The van der Waals surface area contributed by atoms with E-state index >= 15 is 0 Å². The van der Waals surface area contributed by atoms with Crippen molar-refractivity contribution >= 4 is 17.2 Å². The number of piperidine rings is 1. The number of rotatable bonds is 2. The van der Waals surface area contributed by atoms with Crippen LogP contribution in [0, 0.1) is 6.92 Å². The summed E-state index contributed by atoms with van der Waals surface area (Å²) >= 11 is 1.63. The van der Waals surface area contributed by atoms with Gasteiger partial charge >= 0.3 is 0 Å². The smallest absolute Gasteiger partial charge is 0.292 e. The van der Waals surface area contributed by atoms with Crippen LogP contribution in [-0.4, -0.2) is 32.3 Å². The number of likely N-dealkylation sites (tertiary alicyclic amines) is 1. The zero-order valence-electron chi connectivity index (χ0n) is 11.3. The Labute approximate surface area is 121 Å². The van der Waals surface area contributed by atoms with Gasteiger partial charge in [-0.3, -0.25) is 4.79 Å². The van der Waals surface area contributed by atoms with E-state index in [0.29, 0.717) is 0 Å². The molecule has 0 unspecified atom stereocenters. The van der Waals surface area contributed by atoms with Crippen LogP contribution in [0.2, 0.25) is 0 Å². The molecule has 2 aromatic heterocycles. The van der Waals surface area contributed by atoms with E-state index in [1.807, 2.05) is 17.2 Å². The molecule has 1 atom stereocenters. The van der Waals surface area contributed by atoms with E-state index in [1.165, 1.54) is 0 Å². The third-order valence-electron chi connectivity index (χ3n) is 3.44. The van der Waals surface area contributed by atoms with Gasteiger partial charge in [0.2, 0.25) is 5.82 Å². The molecular weight excluding hydrogens is 272 g/mol. The van der Waals surface area contributed by atoms with Crippen molar-refractivity contribution < 1.29 is 4.79 Å². The molecule has 6 heteroatoms. The summed E-state index contributed by atoms with van der Waals surface area (Å²) in [4.78, 5) is 27.1. The minimum Gasteiger partial charge on any atom is -0.326 e. The molecule has 0 saturated carbocycles. The fraction of sp³-hybridized carbons (Fsp3) is 0.429. The van der Waals surface area contributed by atoms with Crippen LogP contribution >= 0.6 is 11.3 Å². The second kappa shape index (κ2) is 5.66. The highest BCUT2D eigenvalue weighted by atomic mass is 32.1. The molecular formula is C14H16N4OS. The van der Waals surface area contributed by atoms with Crippen molar-refractivity contribution in [1.82, 2.24) is 19.9 Å². The average molecular weight is 288 g/mol. The highest BCUT2D eigenvalue weighted by Gasteiger charge is 2.31. The lowest BCUT2D eigenvalue weighted by atomic mass is 10.0. The van der Waals surface area contributed by atoms with Crippen LogP contribution in [0.15, 0.2) is 23.8 Å². The molecule has 3 rings (SSSR count). The number of aromatic nitrogens is 3. The van der Waals surface area contributed by atoms with Crippen molar-refractivity contribution in [2.45, 2.75) is 32.2 Å². The summed E-state index contributed by atoms with van der Waals surface area (Å²) in [7, 11) is 0. The Bertz CT molecular complexity index is 598. The molecule has 1 fully saturated rings. The number of thiazole rings is 1. The highest BCUT2D eigenvalue weighted by molar-refractivity contribution is 7.09. The topological polar surface area (TPSA) is 59.0 Å². The highest BCUT2D eigenvalue weighted by Crippen LogP contribution is 2.33. The standard InChI is InChI=1S/C14H16N4OS/c1-10-9-20-13(17-10)11-5-2-3-8-18(11)14(19)12-15-6-4-7-16-12/h4,6-7,9,11H,2-3,5,8H2,1H3/t11-/m1/s1. The van der Waals surface area contributed by atoms with Gasteiger partial charge in [-0.1, -0.05) is 0 Å². The summed E-state index contributed by atoms with van der Waals surface area (Å²) in [5, 5.41) is 3.05. The quantitative estimate of drug-likeness (QED) is 0.852. The third-order valence-corrected chi connectivity index (χ3v) is 4.51. The number of hydrogen-bond acceptors (Lipinski definition) is 5. The minimum absolute atomic E-state index is 0.0683. The number of carbonyl (C=O) groups is 1. The van der Waals surface area contributed by atoms with E-state index in [2.05, 4.69) is 15.0 Å². The Morgan fingerprint density at radius 3 is 2.85 bits per heavy atom. The van der Waals surface area contributed by atoms with Crippen molar-refractivity contribution in [2.75, 3.05) is 6.54 Å². The Hall–Kier alpha value is -1.82. The lowest BCUT2D eigenvalue weighted by Gasteiger charge is -2.33. The Kier molecular flexibility index (Phi) is 3.73. The van der Waals surface area contributed by atoms with Gasteiger partial charge in [-0.15, -0.1) is 11.3 Å². The van der Waals surface area contributed by atoms with Gasteiger partial charge in [0.1, 0.15) is 5.01 Å². The molecule has 0 N–H and O–H groups in total. The van der Waals surface area contributed by atoms with Crippen LogP contribution in [0.4, 0.5) is 0 Å². The Morgan fingerprint density at radius 2 is 2.15 bits per heavy atom. The maximum absolute atomic E-state index is 12.6. The SMILES string of the molecule is Cc1csc([C@H]2CCCCN2C(=O)c2ncccn2)n1. The van der Waals surface area contributed by atoms with Gasteiger partial charge in [-0.25, -0.2) is 15.0 Å². The Balaban J connectivity index is 1.87. The zero-order chi connectivity index (χ0) is 13.9. The first-order chi connectivity index (χ1) is 9.75. The molecule has 104 valence electrons. The summed E-state index contributed by atoms with van der Waals surface area (Å²) < 4.78 is 0. The summed E-state index contributed by atoms with van der Waals surface area (Å²) in [5.41, 5.74) is 1.01. The monoisotopic (exact) mass is 288 g/mol. The lowest BCUT2D eigenvalue weighted by Crippen LogP contribution is -2.39. The number of hydrogen-bond donors (Lipinski definition) is 0. The fourth-order valence-electron chi connectivity index (χ4n) is 2.49. The Morgan fingerprint density at radius 1 is 1.35 bits per heavy atom. The van der Waals surface area contributed by atoms with Gasteiger partial charge in [0.05, 0.1) is 6.04 Å². The molecule has 0 spiro atoms. The lowest BCUT2D eigenvalue weighted by molar-refractivity contribution is 0.0598. The third kappa shape index (κ3) is 2.56. The molecule has 0 aliphatic carbocycles. The van der Waals surface area contributed by atoms with Crippen LogP contribution in [0.25, 0.3) is 0 Å². The number of aryl methyl sites for hydroxylation is 1. The zero-order valence-corrected chi connectivity index (χ0v) is 12.1. The predicted molar refractivity (Wildman–Crippen MR) is 76.5 cm³/mol. The maximum Gasteiger partial charge on any atom is 0.292 e. The van der Waals surface area contributed by atoms with Crippen molar-refractivity contribution in [3.8, 4) is 0 Å². The summed E-state index contributed by atoms with van der Waals surface area (Å²) in [5.74, 6) is 0.177. The van der Waals surface area contributed by atoms with Crippen LogP contribution in [0.1, 0.15) is 46.6 Å². The van der Waals surface area contributed by atoms with Crippen LogP contribution in [0.3, 0.4) is 0 Å². The van der Waals surface area contributed by atoms with Gasteiger partial charge in [0.25, 0.3) is 5.91 Å². The maximum atomic E-state index is 12.6. The van der Waals surface area contributed by atoms with E-state index in [9.17, 15) is 4.79 Å². The van der Waals surface area contributed by atoms with Gasteiger partial charge in [0, 0.05) is 30.0 Å². The van der Waals surface area contributed by atoms with Crippen LogP contribution < -0.4 is 0 Å². The van der Waals surface area contributed by atoms with Gasteiger partial charge in [-0.05, 0) is 32.3 Å². The van der Waals surface area contributed by atoms with Gasteiger partial charge < -0.3 is 4.90 Å². The van der Waals surface area contributed by atoms with E-state index < -0.39 is 0 Å². The number of carbonyl (C=O) groups excluding carboxylic acids is 1. The molecule has 2 aromatic rings. The van der Waals surface area contributed by atoms with Crippen molar-refractivity contribution in [1.29, 1.82) is 0 Å². The van der Waals surface area contributed by atoms with E-state index in [4.69, 9.17) is 0 Å². The second-order valence-corrected chi connectivity index (χ2v) is 5.80. The fourth-order valence-corrected chi connectivity index (χ4v) is 3.44. The molecule has 5 nitrogen and oxygen atoms in total. The van der Waals surface area contributed by atoms with Crippen molar-refractivity contribution in [2.24, 2.45) is 0 Å². The van der Waals surface area contributed by atoms with Gasteiger partial charge in [0.15, 0.2) is 0 Å². The van der Waals surface area contributed by atoms with Crippen LogP contribution in [-0.2, 0) is 0 Å². The molecule has 20 heavy (non-hydrogen) atoms. The van der Waals surface area contributed by atoms with Crippen molar-refractivity contribution in [3.63, 3.8) is 0 Å². The molecule has 1 aliphatic rings. The number of amides is 1. The van der Waals surface area contributed by atoms with E-state index in [1.54, 1.807) is 29.8 Å². The molecule has 0 bridgehead atoms. The first-order valence-corrected chi connectivity index (χ1v) is 7.63. The van der Waals surface area contributed by atoms with Crippen LogP contribution in [0.5, 0.6) is 0 Å². The largest absolute Gasteiger partial charge is 0.326 e. The average Bonchev–Trinajstić information content (AvgIpc) is 2.94.